The van der Waals surface area contributed by atoms with E-state index in [4.69, 9.17) is 16.7 Å². The Kier molecular flexibility index (Phi) is 2.82. The Morgan fingerprint density at radius 1 is 1.50 bits per heavy atom. The first-order chi connectivity index (χ1) is 7.50. The third-order valence-electron chi connectivity index (χ3n) is 2.22. The van der Waals surface area contributed by atoms with Gasteiger partial charge in [-0.05, 0) is 28.1 Å². The average Bonchev–Trinajstić information content (AvgIpc) is 2.49. The van der Waals surface area contributed by atoms with Gasteiger partial charge in [0.05, 0.1) is 15.9 Å². The molecule has 2 rings (SSSR count). The number of aromatic nitrogens is 1. The van der Waals surface area contributed by atoms with Crippen LogP contribution in [0.15, 0.2) is 22.8 Å². The molecule has 0 saturated heterocycles. The van der Waals surface area contributed by atoms with Crippen molar-refractivity contribution in [1.29, 1.82) is 0 Å². The first kappa shape index (κ1) is 11.3. The van der Waals surface area contributed by atoms with Crippen molar-refractivity contribution in [1.82, 2.24) is 4.57 Å². The third-order valence-corrected chi connectivity index (χ3v) is 3.50. The van der Waals surface area contributed by atoms with Crippen LogP contribution in [0.5, 0.6) is 5.75 Å². The molecule has 6 heteroatoms. The highest BCUT2D eigenvalue weighted by atomic mass is 79.9. The van der Waals surface area contributed by atoms with Gasteiger partial charge in [-0.15, -0.1) is 0 Å². The van der Waals surface area contributed by atoms with E-state index < -0.39 is 5.97 Å². The smallest absolute Gasteiger partial charge is 0.323 e. The van der Waals surface area contributed by atoms with Gasteiger partial charge in [-0.25, -0.2) is 0 Å². The lowest BCUT2D eigenvalue weighted by molar-refractivity contribution is -0.137. The summed E-state index contributed by atoms with van der Waals surface area (Å²) in [6, 6.07) is 3.41. The summed E-state index contributed by atoms with van der Waals surface area (Å²) < 4.78 is 2.09. The van der Waals surface area contributed by atoms with Crippen molar-refractivity contribution >= 4 is 44.4 Å². The topological polar surface area (TPSA) is 62.5 Å². The molecular formula is C10H7BrClNO3. The Labute approximate surface area is 104 Å². The SMILES string of the molecule is O=C(O)Cn1cc(O)c2c(Cl)c(Br)ccc21. The maximum absolute atomic E-state index is 10.6. The number of aliphatic carboxylic acids is 1. The zero-order chi connectivity index (χ0) is 11.9. The van der Waals surface area contributed by atoms with Crippen LogP contribution in [0.2, 0.25) is 5.02 Å². The quantitative estimate of drug-likeness (QED) is 0.897. The van der Waals surface area contributed by atoms with Crippen molar-refractivity contribution in [2.75, 3.05) is 0 Å². The van der Waals surface area contributed by atoms with Crippen LogP contribution in [0.4, 0.5) is 0 Å². The normalized spacial score (nSPS) is 10.9. The number of carboxylic acid groups (broad SMARTS) is 1. The maximum atomic E-state index is 10.6. The van der Waals surface area contributed by atoms with Gasteiger partial charge in [0.15, 0.2) is 0 Å². The van der Waals surface area contributed by atoms with Gasteiger partial charge in [0.1, 0.15) is 12.3 Å². The Morgan fingerprint density at radius 2 is 2.19 bits per heavy atom. The van der Waals surface area contributed by atoms with Crippen molar-refractivity contribution in [2.24, 2.45) is 0 Å². The number of rotatable bonds is 2. The molecule has 0 spiro atoms. The second-order valence-electron chi connectivity index (χ2n) is 3.29. The molecule has 0 bridgehead atoms. The summed E-state index contributed by atoms with van der Waals surface area (Å²) in [6.45, 7) is -0.213. The second kappa shape index (κ2) is 3.99. The predicted octanol–water partition coefficient (Wildman–Crippen LogP) is 2.85. The first-order valence-corrected chi connectivity index (χ1v) is 5.55. The molecule has 0 unspecified atom stereocenters. The summed E-state index contributed by atoms with van der Waals surface area (Å²) >= 11 is 9.26. The van der Waals surface area contributed by atoms with E-state index in [-0.39, 0.29) is 12.3 Å². The van der Waals surface area contributed by atoms with Crippen LogP contribution >= 0.6 is 27.5 Å². The van der Waals surface area contributed by atoms with Gasteiger partial charge in [0, 0.05) is 10.7 Å². The lowest BCUT2D eigenvalue weighted by Gasteiger charge is -2.02. The van der Waals surface area contributed by atoms with E-state index in [1.807, 2.05) is 0 Å². The van der Waals surface area contributed by atoms with Crippen molar-refractivity contribution in [3.05, 3.63) is 27.8 Å². The van der Waals surface area contributed by atoms with Crippen LogP contribution in [0, 0.1) is 0 Å². The molecule has 2 N–H and O–H groups in total. The molecule has 0 aliphatic carbocycles. The first-order valence-electron chi connectivity index (χ1n) is 4.38. The summed E-state index contributed by atoms with van der Waals surface area (Å²) in [7, 11) is 0. The van der Waals surface area contributed by atoms with Gasteiger partial charge in [-0.1, -0.05) is 11.6 Å². The molecule has 1 heterocycles. The van der Waals surface area contributed by atoms with Crippen molar-refractivity contribution in [2.45, 2.75) is 6.54 Å². The summed E-state index contributed by atoms with van der Waals surface area (Å²) in [5, 5.41) is 19.2. The number of benzene rings is 1. The molecule has 0 atom stereocenters. The zero-order valence-corrected chi connectivity index (χ0v) is 10.3. The minimum Gasteiger partial charge on any atom is -0.506 e. The summed E-state index contributed by atoms with van der Waals surface area (Å²) in [5.41, 5.74) is 0.591. The average molecular weight is 305 g/mol. The molecule has 0 aliphatic heterocycles. The molecular weight excluding hydrogens is 297 g/mol. The fraction of sp³-hybridized carbons (Fsp3) is 0.100. The molecule has 16 heavy (non-hydrogen) atoms. The molecule has 0 aliphatic rings. The maximum Gasteiger partial charge on any atom is 0.323 e. The van der Waals surface area contributed by atoms with Gasteiger partial charge >= 0.3 is 5.97 Å². The predicted molar refractivity (Wildman–Crippen MR) is 63.9 cm³/mol. The molecule has 2 aromatic rings. The van der Waals surface area contributed by atoms with Crippen molar-refractivity contribution in [3.63, 3.8) is 0 Å². The van der Waals surface area contributed by atoms with Crippen LogP contribution in [0.1, 0.15) is 0 Å². The number of hydrogen-bond acceptors (Lipinski definition) is 2. The number of fused-ring (bicyclic) bond motifs is 1. The van der Waals surface area contributed by atoms with E-state index in [1.54, 1.807) is 12.1 Å². The number of carbonyl (C=O) groups is 1. The van der Waals surface area contributed by atoms with Crippen LogP contribution < -0.4 is 0 Å². The number of hydrogen-bond donors (Lipinski definition) is 2. The van der Waals surface area contributed by atoms with Crippen LogP contribution in [-0.2, 0) is 11.3 Å². The summed E-state index contributed by atoms with van der Waals surface area (Å²) in [6.07, 6.45) is 1.36. The van der Waals surface area contributed by atoms with Crippen LogP contribution in [0.25, 0.3) is 10.9 Å². The molecule has 84 valence electrons. The second-order valence-corrected chi connectivity index (χ2v) is 4.52. The van der Waals surface area contributed by atoms with E-state index in [0.717, 1.165) is 0 Å². The van der Waals surface area contributed by atoms with E-state index >= 15 is 0 Å². The molecule has 4 nitrogen and oxygen atoms in total. The fourth-order valence-electron chi connectivity index (χ4n) is 1.58. The Balaban J connectivity index is 2.72. The Bertz CT molecular complexity index is 579. The van der Waals surface area contributed by atoms with E-state index in [2.05, 4.69) is 15.9 Å². The highest BCUT2D eigenvalue weighted by molar-refractivity contribution is 9.10. The molecule has 1 aromatic carbocycles. The monoisotopic (exact) mass is 303 g/mol. The van der Waals surface area contributed by atoms with E-state index in [1.165, 1.54) is 10.8 Å². The highest BCUT2D eigenvalue weighted by Gasteiger charge is 2.14. The van der Waals surface area contributed by atoms with Crippen molar-refractivity contribution < 1.29 is 15.0 Å². The van der Waals surface area contributed by atoms with E-state index in [9.17, 15) is 9.90 Å². The van der Waals surface area contributed by atoms with Gasteiger partial charge in [-0.2, -0.15) is 0 Å². The van der Waals surface area contributed by atoms with Gasteiger partial charge in [-0.3, -0.25) is 4.79 Å². The minimum atomic E-state index is -0.976. The number of nitrogens with zero attached hydrogens (tertiary/aromatic N) is 1. The van der Waals surface area contributed by atoms with Gasteiger partial charge < -0.3 is 14.8 Å². The highest BCUT2D eigenvalue weighted by Crippen LogP contribution is 2.37. The number of carboxylic acids is 1. The standard InChI is InChI=1S/C10H7BrClNO3/c11-5-1-2-6-9(10(5)12)7(14)3-13(6)4-8(15)16/h1-3,14H,4H2,(H,15,16). The van der Waals surface area contributed by atoms with Crippen molar-refractivity contribution in [3.8, 4) is 5.75 Å². The third kappa shape index (κ3) is 1.76. The summed E-state index contributed by atoms with van der Waals surface area (Å²) in [5.74, 6) is -1.00. The van der Waals surface area contributed by atoms with Crippen LogP contribution in [0.3, 0.4) is 0 Å². The fourth-order valence-corrected chi connectivity index (χ4v) is 2.17. The van der Waals surface area contributed by atoms with Gasteiger partial charge in [0.25, 0.3) is 0 Å². The Morgan fingerprint density at radius 3 is 2.81 bits per heavy atom. The number of aromatic hydroxyl groups is 1. The molecule has 0 amide bonds. The van der Waals surface area contributed by atoms with Gasteiger partial charge in [0.2, 0.25) is 0 Å². The molecule has 0 fully saturated rings. The number of halogens is 2. The van der Waals surface area contributed by atoms with Crippen LogP contribution in [-0.4, -0.2) is 20.7 Å². The minimum absolute atomic E-state index is 0.0254. The Hall–Kier alpha value is -1.20. The molecule has 1 aromatic heterocycles. The largest absolute Gasteiger partial charge is 0.506 e. The molecule has 0 radical (unpaired) electrons. The molecule has 0 saturated carbocycles. The summed E-state index contributed by atoms with van der Waals surface area (Å²) in [4.78, 5) is 10.6. The lowest BCUT2D eigenvalue weighted by Crippen LogP contribution is -2.07. The zero-order valence-electron chi connectivity index (χ0n) is 7.94. The van der Waals surface area contributed by atoms with E-state index in [0.29, 0.717) is 20.4 Å². The lowest BCUT2D eigenvalue weighted by atomic mass is 10.2.